The molecule has 0 aliphatic carbocycles. The molecule has 5 aliphatic heterocycles. The summed E-state index contributed by atoms with van der Waals surface area (Å²) >= 11 is 0. The van der Waals surface area contributed by atoms with Crippen molar-refractivity contribution in [2.75, 3.05) is 37.9 Å². The first-order valence-electron chi connectivity index (χ1n) is 23.8. The quantitative estimate of drug-likeness (QED) is 0.104. The summed E-state index contributed by atoms with van der Waals surface area (Å²) < 4.78 is 48.2. The molecule has 0 bridgehead atoms. The molecule has 5 aliphatic rings. The second kappa shape index (κ2) is 16.7. The largest absolute Gasteiger partial charge is 0.465 e. The number of esters is 2. The lowest BCUT2D eigenvalue weighted by Crippen LogP contribution is -2.49. The van der Waals surface area contributed by atoms with Gasteiger partial charge in [-0.2, -0.15) is 10.1 Å². The summed E-state index contributed by atoms with van der Waals surface area (Å²) in [6.45, 7) is 5.01. The molecule has 4 N–H and O–H groups in total. The summed E-state index contributed by atoms with van der Waals surface area (Å²) in [6, 6.07) is 25.5. The molecular formula is C54H56F2N6O6. The molecule has 0 radical (unpaired) electrons. The van der Waals surface area contributed by atoms with Crippen LogP contribution in [0.2, 0.25) is 0 Å². The number of aromatic nitrogens is 2. The van der Waals surface area contributed by atoms with Gasteiger partial charge >= 0.3 is 11.9 Å². The van der Waals surface area contributed by atoms with Gasteiger partial charge in [-0.3, -0.25) is 0 Å². The molecule has 12 nitrogen and oxygen atoms in total. The number of hydrogen-bond acceptors (Lipinski definition) is 10. The van der Waals surface area contributed by atoms with Gasteiger partial charge in [-0.25, -0.2) is 18.4 Å². The Morgan fingerprint density at radius 3 is 1.88 bits per heavy atom. The second-order valence-electron chi connectivity index (χ2n) is 19.2. The summed E-state index contributed by atoms with van der Waals surface area (Å²) in [7, 11) is 2.74. The number of rotatable bonds is 9. The molecule has 7 atom stereocenters. The van der Waals surface area contributed by atoms with Crippen molar-refractivity contribution in [1.29, 1.82) is 0 Å². The fourth-order valence-corrected chi connectivity index (χ4v) is 13.0. The van der Waals surface area contributed by atoms with E-state index in [1.165, 1.54) is 36.5 Å². The summed E-state index contributed by atoms with van der Waals surface area (Å²) in [6.07, 6.45) is 7.24. The van der Waals surface area contributed by atoms with Crippen LogP contribution in [0.15, 0.2) is 103 Å². The summed E-state index contributed by atoms with van der Waals surface area (Å²) in [5.41, 5.74) is 4.72. The summed E-state index contributed by atoms with van der Waals surface area (Å²) in [5.74, 6) is -2.76. The molecule has 2 saturated heterocycles. The highest BCUT2D eigenvalue weighted by Gasteiger charge is 2.53. The SMILES string of the molecule is CC[C@]12C=C(C(=O)OC)c3c(C[C@H]4Nc5c(F)cccc5C(Nc5ccccc5F)[C@@H]4c4c5n(c6ccccc46)[C@H]4N(O)CCC[C@@]4(CC)C=C5C(=O)OC)c4ccccc4n3[C@H]1N(O)CCC2. The monoisotopic (exact) mass is 922 g/mol. The zero-order chi connectivity index (χ0) is 47.2. The molecule has 6 aromatic rings. The Morgan fingerprint density at radius 1 is 0.721 bits per heavy atom. The molecule has 2 aromatic heterocycles. The Labute approximate surface area is 393 Å². The molecule has 0 amide bonds. The fraction of sp³-hybridized carbons (Fsp3) is 0.370. The first-order valence-corrected chi connectivity index (χ1v) is 23.8. The van der Waals surface area contributed by atoms with Gasteiger partial charge in [0.1, 0.15) is 24.0 Å². The second-order valence-corrected chi connectivity index (χ2v) is 19.2. The molecule has 2 fully saturated rings. The number of fused-ring (bicyclic) bond motifs is 11. The number of nitrogens with one attached hydrogen (secondary N) is 2. The van der Waals surface area contributed by atoms with E-state index in [9.17, 15) is 20.0 Å². The minimum atomic E-state index is -0.827. The minimum Gasteiger partial charge on any atom is -0.465 e. The van der Waals surface area contributed by atoms with Crippen LogP contribution >= 0.6 is 0 Å². The van der Waals surface area contributed by atoms with Crippen molar-refractivity contribution in [3.8, 4) is 0 Å². The maximum Gasteiger partial charge on any atom is 0.339 e. The van der Waals surface area contributed by atoms with Crippen molar-refractivity contribution in [1.82, 2.24) is 19.3 Å². The van der Waals surface area contributed by atoms with E-state index in [1.807, 2.05) is 66.7 Å². The van der Waals surface area contributed by atoms with Crippen molar-refractivity contribution >= 4 is 56.3 Å². The molecule has 14 heteroatoms. The standard InChI is InChI=1S/C54H56F2N6O6/c1-5-53-24-14-26-59(65)51(53)61-41-22-11-7-16-31(41)34(47(61)35(29-53)49(63)67-3)28-40-44(46(57-39-21-10-9-19-37(39)55)33-18-13-20-38(56)45(33)58-40)43-32-17-8-12-23-42(32)62-48(43)36(50(64)68-4)30-54(6-2)25-15-27-60(66)52(54)62/h7-13,16-23,29-30,40,44,46,51-52,57-58,65-66H,5-6,14-15,24-28H2,1-4H3/t40-,44+,46?,51-,52-,53+,54+/m1/s1. The van der Waals surface area contributed by atoms with Crippen LogP contribution in [-0.4, -0.2) is 75.0 Å². The molecular weight excluding hydrogens is 867 g/mol. The number of nitrogens with zero attached hydrogens (tertiary/aromatic N) is 4. The third-order valence-corrected chi connectivity index (χ3v) is 16.1. The van der Waals surface area contributed by atoms with Gasteiger partial charge in [0.15, 0.2) is 0 Å². The van der Waals surface area contributed by atoms with Crippen LogP contribution in [-0.2, 0) is 25.5 Å². The highest BCUT2D eigenvalue weighted by molar-refractivity contribution is 6.19. The number of hydroxylamine groups is 4. The fourth-order valence-electron chi connectivity index (χ4n) is 13.0. The molecule has 4 aromatic carbocycles. The third kappa shape index (κ3) is 6.44. The lowest BCUT2D eigenvalue weighted by atomic mass is 9.70. The highest BCUT2D eigenvalue weighted by atomic mass is 19.1. The maximum atomic E-state index is 16.7. The number of halogens is 2. The van der Waals surface area contributed by atoms with E-state index >= 15 is 8.78 Å². The number of carbonyl (C=O) groups excluding carboxylic acids is 2. The molecule has 0 saturated carbocycles. The first kappa shape index (κ1) is 44.2. The van der Waals surface area contributed by atoms with Crippen molar-refractivity contribution in [2.45, 2.75) is 89.1 Å². The Balaban J connectivity index is 1.23. The van der Waals surface area contributed by atoms with E-state index in [2.05, 4.69) is 33.6 Å². The van der Waals surface area contributed by atoms with Crippen molar-refractivity contribution in [3.05, 3.63) is 143 Å². The van der Waals surface area contributed by atoms with E-state index in [1.54, 1.807) is 24.3 Å². The zero-order valence-electron chi connectivity index (χ0n) is 38.6. The maximum absolute atomic E-state index is 16.7. The molecule has 11 rings (SSSR count). The van der Waals surface area contributed by atoms with E-state index < -0.39 is 64.7 Å². The predicted molar refractivity (Wildman–Crippen MR) is 256 cm³/mol. The highest BCUT2D eigenvalue weighted by Crippen LogP contribution is 2.59. The number of ether oxygens (including phenoxy) is 2. The summed E-state index contributed by atoms with van der Waals surface area (Å²) in [5, 5.41) is 35.5. The van der Waals surface area contributed by atoms with Crippen LogP contribution in [0.5, 0.6) is 0 Å². The third-order valence-electron chi connectivity index (χ3n) is 16.1. The lowest BCUT2D eigenvalue weighted by Gasteiger charge is -2.50. The Morgan fingerprint density at radius 2 is 1.26 bits per heavy atom. The van der Waals surface area contributed by atoms with Crippen LogP contribution in [0.25, 0.3) is 33.0 Å². The Bertz CT molecular complexity index is 3090. The normalized spacial score (nSPS) is 26.6. The van der Waals surface area contributed by atoms with E-state index in [0.29, 0.717) is 60.4 Å². The van der Waals surface area contributed by atoms with Gasteiger partial charge in [-0.15, -0.1) is 0 Å². The van der Waals surface area contributed by atoms with Gasteiger partial charge < -0.3 is 39.7 Å². The van der Waals surface area contributed by atoms with Gasteiger partial charge in [-0.05, 0) is 86.4 Å². The molecule has 7 heterocycles. The van der Waals surface area contributed by atoms with E-state index in [-0.39, 0.29) is 17.8 Å². The number of benzene rings is 4. The number of methoxy groups -OCH3 is 2. The lowest BCUT2D eigenvalue weighted by molar-refractivity contribution is -0.203. The van der Waals surface area contributed by atoms with Gasteiger partial charge in [0.05, 0.1) is 65.2 Å². The number of anilines is 2. The van der Waals surface area contributed by atoms with Gasteiger partial charge in [0.2, 0.25) is 0 Å². The van der Waals surface area contributed by atoms with Gasteiger partial charge in [-0.1, -0.05) is 86.7 Å². The van der Waals surface area contributed by atoms with Crippen molar-refractivity contribution in [3.63, 3.8) is 0 Å². The van der Waals surface area contributed by atoms with Crippen LogP contribution in [0.4, 0.5) is 20.2 Å². The molecule has 352 valence electrons. The Kier molecular flexibility index (Phi) is 10.9. The topological polar surface area (TPSA) is 133 Å². The average molecular weight is 923 g/mol. The van der Waals surface area contributed by atoms with Gasteiger partial charge in [0, 0.05) is 52.2 Å². The smallest absolute Gasteiger partial charge is 0.339 e. The van der Waals surface area contributed by atoms with E-state index in [4.69, 9.17) is 9.47 Å². The van der Waals surface area contributed by atoms with E-state index in [0.717, 1.165) is 52.2 Å². The molecule has 0 spiro atoms. The number of carbonyl (C=O) groups is 2. The first-order chi connectivity index (χ1) is 33.0. The van der Waals surface area contributed by atoms with Crippen LogP contribution in [0.3, 0.4) is 0 Å². The predicted octanol–water partition coefficient (Wildman–Crippen LogP) is 10.7. The number of piperidine rings is 2. The average Bonchev–Trinajstić information content (AvgIpc) is 3.86. The van der Waals surface area contributed by atoms with Crippen molar-refractivity contribution < 1.29 is 38.3 Å². The number of para-hydroxylation sites is 4. The van der Waals surface area contributed by atoms with Crippen LogP contribution in [0.1, 0.15) is 105 Å². The minimum absolute atomic E-state index is 0.188. The molecule has 68 heavy (non-hydrogen) atoms. The van der Waals surface area contributed by atoms with Crippen LogP contribution < -0.4 is 10.6 Å². The number of hydrogen-bond donors (Lipinski definition) is 4. The van der Waals surface area contributed by atoms with Crippen molar-refractivity contribution in [2.24, 2.45) is 10.8 Å². The Hall–Kier alpha value is -6.32. The zero-order valence-corrected chi connectivity index (χ0v) is 38.6. The molecule has 1 unspecified atom stereocenters. The summed E-state index contributed by atoms with van der Waals surface area (Å²) in [4.78, 5) is 28.8. The van der Waals surface area contributed by atoms with Gasteiger partial charge in [0.25, 0.3) is 0 Å². The van der Waals surface area contributed by atoms with Crippen LogP contribution in [0, 0.1) is 22.5 Å².